The van der Waals surface area contributed by atoms with Crippen LogP contribution in [0, 0.1) is 16.9 Å². The van der Waals surface area contributed by atoms with Gasteiger partial charge in [0.2, 0.25) is 23.2 Å². The Morgan fingerprint density at radius 1 is 1.25 bits per heavy atom. The molecular formula is C8H2F2N4O2. The fraction of sp³-hybridized carbons (Fsp3) is 0. The predicted molar refractivity (Wildman–Crippen MR) is 45.2 cm³/mol. The molecule has 1 aliphatic rings. The fourth-order valence-electron chi connectivity index (χ4n) is 0.957. The molecule has 0 radical (unpaired) electrons. The van der Waals surface area contributed by atoms with Gasteiger partial charge in [-0.05, 0) is 0 Å². The van der Waals surface area contributed by atoms with Gasteiger partial charge in [-0.15, -0.1) is 0 Å². The molecule has 0 atom stereocenters. The van der Waals surface area contributed by atoms with E-state index in [1.54, 1.807) is 5.32 Å². The smallest absolute Gasteiger partial charge is 0.246 e. The topological polar surface area (TPSA) is 106 Å². The molecule has 0 saturated heterocycles. The summed E-state index contributed by atoms with van der Waals surface area (Å²) in [7, 11) is 0. The first-order valence-electron chi connectivity index (χ1n) is 3.71. The number of carbonyl (C=O) groups excluding carboxylic acids is 2. The van der Waals surface area contributed by atoms with Crippen LogP contribution in [-0.4, -0.2) is 17.6 Å². The summed E-state index contributed by atoms with van der Waals surface area (Å²) in [4.78, 5) is 25.0. The molecule has 8 heteroatoms. The van der Waals surface area contributed by atoms with Crippen molar-refractivity contribution in [3.8, 4) is 6.19 Å². The van der Waals surface area contributed by atoms with Crippen LogP contribution in [0.25, 0.3) is 0 Å². The molecule has 0 heterocycles. The lowest BCUT2D eigenvalue weighted by Crippen LogP contribution is -2.26. The van der Waals surface area contributed by atoms with Gasteiger partial charge >= 0.3 is 0 Å². The van der Waals surface area contributed by atoms with Crippen LogP contribution < -0.4 is 5.32 Å². The fourth-order valence-corrected chi connectivity index (χ4v) is 0.957. The summed E-state index contributed by atoms with van der Waals surface area (Å²) in [5, 5.41) is 16.1. The van der Waals surface area contributed by atoms with Gasteiger partial charge in [-0.2, -0.15) is 14.6 Å². The summed E-state index contributed by atoms with van der Waals surface area (Å²) in [6.07, 6.45) is 1.19. The second kappa shape index (κ2) is 4.25. The predicted octanol–water partition coefficient (Wildman–Crippen LogP) is 0.324. The lowest BCUT2D eigenvalue weighted by Gasteiger charge is -2.10. The Morgan fingerprint density at radius 2 is 1.88 bits per heavy atom. The molecule has 0 fully saturated rings. The van der Waals surface area contributed by atoms with Gasteiger partial charge < -0.3 is 0 Å². The van der Waals surface area contributed by atoms with E-state index in [1.165, 1.54) is 12.2 Å². The number of nitrogens with one attached hydrogen (secondary N) is 2. The van der Waals surface area contributed by atoms with E-state index in [-0.39, 0.29) is 0 Å². The van der Waals surface area contributed by atoms with Crippen molar-refractivity contribution >= 4 is 17.6 Å². The summed E-state index contributed by atoms with van der Waals surface area (Å²) < 4.78 is 26.3. The first-order chi connectivity index (χ1) is 7.54. The number of hydrogen-bond donors (Lipinski definition) is 2. The van der Waals surface area contributed by atoms with Crippen LogP contribution in [0.1, 0.15) is 0 Å². The Kier molecular flexibility index (Phi) is 3.03. The first-order valence-corrected chi connectivity index (χ1v) is 3.71. The quantitative estimate of drug-likeness (QED) is 0.305. The minimum Gasteiger partial charge on any atom is -0.286 e. The molecule has 0 aromatic carbocycles. The maximum Gasteiger partial charge on any atom is 0.246 e. The molecule has 6 nitrogen and oxygen atoms in total. The third-order valence-corrected chi connectivity index (χ3v) is 1.62. The summed E-state index contributed by atoms with van der Waals surface area (Å²) >= 11 is 0. The maximum absolute atomic E-state index is 13.2. The zero-order chi connectivity index (χ0) is 12.3. The van der Waals surface area contributed by atoms with Crippen LogP contribution in [0.4, 0.5) is 8.78 Å². The Hall–Kier alpha value is -2.65. The standard InChI is InChI=1S/C8H2F2N4O2/c9-3-5(13-1-11)7(15)4(10)6(8(3)16)14-2-12/h11,14H. The Balaban J connectivity index is 3.37. The number of allylic oxidation sites excluding steroid dienone is 2. The van der Waals surface area contributed by atoms with Gasteiger partial charge in [0.05, 0.1) is 6.01 Å². The second-order valence-corrected chi connectivity index (χ2v) is 2.47. The van der Waals surface area contributed by atoms with E-state index in [2.05, 4.69) is 4.99 Å². The SMILES string of the molecule is N#CNC1=C(F)C(=O)C(N=C=N)=C(F)C1=O. The number of hydrogen-bond acceptors (Lipinski definition) is 6. The number of aliphatic imine (C=N–C) groups is 1. The normalized spacial score (nSPS) is 15.8. The van der Waals surface area contributed by atoms with Crippen LogP contribution in [0.15, 0.2) is 28.0 Å². The highest BCUT2D eigenvalue weighted by molar-refractivity contribution is 6.23. The highest BCUT2D eigenvalue weighted by atomic mass is 19.1. The van der Waals surface area contributed by atoms with Crippen LogP contribution in [0.2, 0.25) is 0 Å². The molecule has 0 bridgehead atoms. The van der Waals surface area contributed by atoms with Crippen LogP contribution in [0.5, 0.6) is 0 Å². The van der Waals surface area contributed by atoms with Gasteiger partial charge in [-0.3, -0.25) is 14.9 Å². The van der Waals surface area contributed by atoms with E-state index in [4.69, 9.17) is 10.7 Å². The monoisotopic (exact) mass is 224 g/mol. The lowest BCUT2D eigenvalue weighted by atomic mass is 10.0. The van der Waals surface area contributed by atoms with Crippen molar-refractivity contribution in [1.82, 2.24) is 5.32 Å². The molecule has 2 N–H and O–H groups in total. The van der Waals surface area contributed by atoms with Crippen LogP contribution in [0.3, 0.4) is 0 Å². The van der Waals surface area contributed by atoms with Gasteiger partial charge in [0.15, 0.2) is 11.9 Å². The molecule has 0 aromatic rings. The number of halogens is 2. The highest BCUT2D eigenvalue weighted by Gasteiger charge is 2.36. The summed E-state index contributed by atoms with van der Waals surface area (Å²) in [6.45, 7) is 0. The summed E-state index contributed by atoms with van der Waals surface area (Å²) in [6, 6.07) is 1.32. The molecule has 1 rings (SSSR count). The van der Waals surface area contributed by atoms with E-state index in [0.29, 0.717) is 0 Å². The van der Waals surface area contributed by atoms with Gasteiger partial charge in [-0.1, -0.05) is 0 Å². The number of rotatable bonds is 2. The van der Waals surface area contributed by atoms with E-state index >= 15 is 0 Å². The average molecular weight is 224 g/mol. The average Bonchev–Trinajstić information content (AvgIpc) is 2.28. The Labute approximate surface area is 87.1 Å². The number of nitrogens with zero attached hydrogens (tertiary/aromatic N) is 2. The van der Waals surface area contributed by atoms with Crippen LogP contribution in [-0.2, 0) is 9.59 Å². The van der Waals surface area contributed by atoms with Crippen molar-refractivity contribution in [3.63, 3.8) is 0 Å². The maximum atomic E-state index is 13.2. The van der Waals surface area contributed by atoms with Crippen molar-refractivity contribution in [2.75, 3.05) is 0 Å². The molecule has 0 saturated carbocycles. The van der Waals surface area contributed by atoms with Crippen molar-refractivity contribution in [2.45, 2.75) is 0 Å². The molecule has 0 unspecified atom stereocenters. The highest BCUT2D eigenvalue weighted by Crippen LogP contribution is 2.25. The lowest BCUT2D eigenvalue weighted by molar-refractivity contribution is -0.118. The number of carbonyl (C=O) groups is 2. The molecule has 0 aromatic heterocycles. The van der Waals surface area contributed by atoms with Gasteiger partial charge in [0.25, 0.3) is 0 Å². The largest absolute Gasteiger partial charge is 0.286 e. The Morgan fingerprint density at radius 3 is 2.38 bits per heavy atom. The minimum absolute atomic E-state index is 1.08. The molecular weight excluding hydrogens is 222 g/mol. The van der Waals surface area contributed by atoms with E-state index < -0.39 is 34.6 Å². The van der Waals surface area contributed by atoms with Crippen LogP contribution >= 0.6 is 0 Å². The number of ketones is 2. The van der Waals surface area contributed by atoms with Crippen molar-refractivity contribution in [3.05, 3.63) is 23.0 Å². The number of Topliss-reactive ketones (excluding diaryl/α,β-unsaturated/α-hetero) is 2. The molecule has 0 amide bonds. The van der Waals surface area contributed by atoms with Crippen molar-refractivity contribution in [1.29, 1.82) is 10.7 Å². The van der Waals surface area contributed by atoms with E-state index in [0.717, 1.165) is 0 Å². The first kappa shape index (κ1) is 11.4. The van der Waals surface area contributed by atoms with Crippen molar-refractivity contribution in [2.24, 2.45) is 4.99 Å². The molecule has 0 aliphatic heterocycles. The third kappa shape index (κ3) is 1.63. The zero-order valence-electron chi connectivity index (χ0n) is 7.47. The van der Waals surface area contributed by atoms with E-state index in [9.17, 15) is 18.4 Å². The molecule has 80 valence electrons. The summed E-state index contributed by atoms with van der Waals surface area (Å²) in [5.41, 5.74) is -2.21. The summed E-state index contributed by atoms with van der Waals surface area (Å²) in [5.74, 6) is -6.28. The molecule has 1 aliphatic carbocycles. The molecule has 16 heavy (non-hydrogen) atoms. The third-order valence-electron chi connectivity index (χ3n) is 1.62. The van der Waals surface area contributed by atoms with Gasteiger partial charge in [0, 0.05) is 0 Å². The van der Waals surface area contributed by atoms with Gasteiger partial charge in [0.1, 0.15) is 5.70 Å². The molecule has 0 spiro atoms. The zero-order valence-corrected chi connectivity index (χ0v) is 7.47. The Bertz CT molecular complexity index is 535. The minimum atomic E-state index is -1.64. The number of nitriles is 1. The second-order valence-electron chi connectivity index (χ2n) is 2.47. The van der Waals surface area contributed by atoms with E-state index in [1.807, 2.05) is 0 Å². The van der Waals surface area contributed by atoms with Crippen molar-refractivity contribution < 1.29 is 18.4 Å². The van der Waals surface area contributed by atoms with Gasteiger partial charge in [-0.25, -0.2) is 9.80 Å².